The van der Waals surface area contributed by atoms with E-state index >= 15 is 4.39 Å². The van der Waals surface area contributed by atoms with E-state index in [-0.39, 0.29) is 23.4 Å². The van der Waals surface area contributed by atoms with Gasteiger partial charge in [-0.25, -0.2) is 8.78 Å². The smallest absolute Gasteiger partial charge is 0.219 e. The largest absolute Gasteiger partial charge is 0.493 e. The number of methoxy groups -OCH3 is 2. The Labute approximate surface area is 240 Å². The molecule has 0 saturated carbocycles. The maximum absolute atomic E-state index is 15.2. The molecule has 5 aromatic rings. The summed E-state index contributed by atoms with van der Waals surface area (Å²) < 4.78 is 46.9. The Kier molecular flexibility index (Phi) is 7.97. The topological polar surface area (TPSA) is 92.5 Å². The predicted molar refractivity (Wildman–Crippen MR) is 154 cm³/mol. The van der Waals surface area contributed by atoms with Gasteiger partial charge in [0.05, 0.1) is 25.3 Å². The number of carbonyl (C=O) groups excluding carboxylic acids is 1. The molecule has 0 N–H and O–H groups in total. The van der Waals surface area contributed by atoms with Crippen LogP contribution in [0, 0.1) is 18.6 Å². The molecule has 0 aliphatic heterocycles. The van der Waals surface area contributed by atoms with E-state index in [0.29, 0.717) is 51.5 Å². The highest BCUT2D eigenvalue weighted by Gasteiger charge is 2.22. The van der Waals surface area contributed by atoms with Crippen molar-refractivity contribution in [1.29, 1.82) is 0 Å². The Morgan fingerprint density at radius 2 is 1.62 bits per heavy atom. The number of benzene rings is 3. The number of halogens is 2. The van der Waals surface area contributed by atoms with E-state index in [4.69, 9.17) is 14.2 Å². The van der Waals surface area contributed by atoms with Gasteiger partial charge in [0.1, 0.15) is 11.6 Å². The first-order chi connectivity index (χ1) is 20.2. The van der Waals surface area contributed by atoms with Crippen molar-refractivity contribution in [2.45, 2.75) is 26.8 Å². The maximum Gasteiger partial charge on any atom is 0.219 e. The van der Waals surface area contributed by atoms with Crippen LogP contribution in [0.5, 0.6) is 23.0 Å². The van der Waals surface area contributed by atoms with E-state index in [2.05, 4.69) is 10.1 Å². The number of pyridine rings is 1. The number of ether oxygens (including phenoxy) is 3. The number of fused-ring (bicyclic) bond motifs is 1. The minimum atomic E-state index is -0.694. The number of carbonyl (C=O) groups is 1. The highest BCUT2D eigenvalue weighted by Crippen LogP contribution is 2.37. The molecule has 0 atom stereocenters. The SMILES string of the molecule is CCn1nc(C(=O)Cc2ccc(Oc3ccnc4cc(OC)c(OC)cc34)c(F)c2)c(=O)c(-c2ccc(F)cc2)c1C. The van der Waals surface area contributed by atoms with Crippen LogP contribution in [0.4, 0.5) is 8.78 Å². The number of rotatable bonds is 9. The van der Waals surface area contributed by atoms with Crippen molar-refractivity contribution in [1.82, 2.24) is 14.8 Å². The number of aryl methyl sites for hydroxylation is 1. The lowest BCUT2D eigenvalue weighted by molar-refractivity contribution is 0.0984. The van der Waals surface area contributed by atoms with Crippen LogP contribution < -0.4 is 19.6 Å². The summed E-state index contributed by atoms with van der Waals surface area (Å²) in [4.78, 5) is 31.0. The quantitative estimate of drug-likeness (QED) is 0.192. The second-order valence-corrected chi connectivity index (χ2v) is 9.46. The van der Waals surface area contributed by atoms with Crippen molar-refractivity contribution in [3.63, 3.8) is 0 Å². The fraction of sp³-hybridized carbons (Fsp3) is 0.188. The van der Waals surface area contributed by atoms with E-state index in [1.54, 1.807) is 35.9 Å². The lowest BCUT2D eigenvalue weighted by Gasteiger charge is -2.14. The van der Waals surface area contributed by atoms with Gasteiger partial charge in [-0.05, 0) is 61.4 Å². The minimum Gasteiger partial charge on any atom is -0.493 e. The van der Waals surface area contributed by atoms with Gasteiger partial charge in [-0.3, -0.25) is 19.3 Å². The summed E-state index contributed by atoms with van der Waals surface area (Å²) in [7, 11) is 3.03. The summed E-state index contributed by atoms with van der Waals surface area (Å²) in [6.45, 7) is 3.96. The molecule has 5 rings (SSSR count). The molecule has 10 heteroatoms. The van der Waals surface area contributed by atoms with E-state index in [9.17, 15) is 14.0 Å². The van der Waals surface area contributed by atoms with Gasteiger partial charge in [-0.1, -0.05) is 18.2 Å². The predicted octanol–water partition coefficient (Wildman–Crippen LogP) is 6.30. The van der Waals surface area contributed by atoms with Crippen molar-refractivity contribution in [3.05, 3.63) is 106 Å². The zero-order chi connectivity index (χ0) is 30.0. The van der Waals surface area contributed by atoms with Gasteiger partial charge in [-0.15, -0.1) is 0 Å². The minimum absolute atomic E-state index is 0.0612. The Morgan fingerprint density at radius 1 is 0.905 bits per heavy atom. The molecule has 8 nitrogen and oxygen atoms in total. The van der Waals surface area contributed by atoms with Gasteiger partial charge >= 0.3 is 0 Å². The molecular weight excluding hydrogens is 544 g/mol. The maximum atomic E-state index is 15.2. The number of nitrogens with zero attached hydrogens (tertiary/aromatic N) is 3. The van der Waals surface area contributed by atoms with Gasteiger partial charge in [-0.2, -0.15) is 5.10 Å². The number of aromatic nitrogens is 3. The third-order valence-electron chi connectivity index (χ3n) is 6.90. The molecule has 0 bridgehead atoms. The van der Waals surface area contributed by atoms with Crippen LogP contribution in [0.25, 0.3) is 22.0 Å². The van der Waals surface area contributed by atoms with Crippen LogP contribution in [0.3, 0.4) is 0 Å². The van der Waals surface area contributed by atoms with Crippen molar-refractivity contribution in [2.24, 2.45) is 0 Å². The average molecular weight is 572 g/mol. The first-order valence-corrected chi connectivity index (χ1v) is 13.1. The van der Waals surface area contributed by atoms with E-state index in [1.165, 1.54) is 56.8 Å². The molecule has 0 amide bonds. The monoisotopic (exact) mass is 571 g/mol. The molecule has 42 heavy (non-hydrogen) atoms. The fourth-order valence-electron chi connectivity index (χ4n) is 4.76. The molecule has 2 heterocycles. The van der Waals surface area contributed by atoms with Crippen molar-refractivity contribution in [3.8, 4) is 34.1 Å². The summed E-state index contributed by atoms with van der Waals surface area (Å²) in [6.07, 6.45) is 1.27. The van der Waals surface area contributed by atoms with E-state index < -0.39 is 22.8 Å². The molecule has 0 aliphatic carbocycles. The molecule has 0 fully saturated rings. The van der Waals surface area contributed by atoms with Crippen LogP contribution in [0.1, 0.15) is 28.7 Å². The molecule has 0 radical (unpaired) electrons. The van der Waals surface area contributed by atoms with Crippen LogP contribution in [0.15, 0.2) is 71.7 Å². The van der Waals surface area contributed by atoms with Gasteiger partial charge in [0.25, 0.3) is 0 Å². The first-order valence-electron chi connectivity index (χ1n) is 13.1. The molecule has 2 aromatic heterocycles. The Bertz CT molecular complexity index is 1870. The number of ketones is 1. The number of hydrogen-bond acceptors (Lipinski definition) is 7. The van der Waals surface area contributed by atoms with Crippen LogP contribution in [-0.4, -0.2) is 34.8 Å². The van der Waals surface area contributed by atoms with Crippen molar-refractivity contribution in [2.75, 3.05) is 14.2 Å². The summed E-state index contributed by atoms with van der Waals surface area (Å²) in [5.74, 6) is -0.459. The second-order valence-electron chi connectivity index (χ2n) is 9.46. The Hall–Kier alpha value is -5.12. The van der Waals surface area contributed by atoms with Crippen LogP contribution in [-0.2, 0) is 13.0 Å². The van der Waals surface area contributed by atoms with Gasteiger partial charge < -0.3 is 14.2 Å². The summed E-state index contributed by atoms with van der Waals surface area (Å²) >= 11 is 0. The Morgan fingerprint density at radius 3 is 2.29 bits per heavy atom. The standard InChI is InChI=1S/C32H27F2N3O5/c1-5-37-18(2)30(20-7-9-21(33)10-8-20)32(39)31(36-37)25(38)15-19-6-11-27(23(34)14-19)42-26-12-13-35-24-17-29(41-4)28(40-3)16-22(24)26/h6-14,16-17H,5,15H2,1-4H3. The number of Topliss-reactive ketones (excluding diaryl/α,β-unsaturated/α-hetero) is 1. The summed E-state index contributed by atoms with van der Waals surface area (Å²) in [6, 6.07) is 14.6. The zero-order valence-corrected chi connectivity index (χ0v) is 23.4. The lowest BCUT2D eigenvalue weighted by Crippen LogP contribution is -2.27. The third kappa shape index (κ3) is 5.43. The summed E-state index contributed by atoms with van der Waals surface area (Å²) in [5.41, 5.74) is 1.37. The molecule has 0 spiro atoms. The van der Waals surface area contributed by atoms with Gasteiger partial charge in [0.2, 0.25) is 5.43 Å². The first kappa shape index (κ1) is 28.4. The third-order valence-corrected chi connectivity index (χ3v) is 6.90. The van der Waals surface area contributed by atoms with Crippen molar-refractivity contribution < 1.29 is 27.8 Å². The normalized spacial score (nSPS) is 11.0. The van der Waals surface area contributed by atoms with Gasteiger partial charge in [0, 0.05) is 36.3 Å². The molecule has 0 unspecified atom stereocenters. The number of hydrogen-bond donors (Lipinski definition) is 0. The fourth-order valence-corrected chi connectivity index (χ4v) is 4.76. The molecule has 0 aliphatic rings. The van der Waals surface area contributed by atoms with E-state index in [0.717, 1.165) is 0 Å². The van der Waals surface area contributed by atoms with Crippen LogP contribution >= 0.6 is 0 Å². The molecule has 3 aromatic carbocycles. The van der Waals surface area contributed by atoms with E-state index in [1.807, 2.05) is 6.92 Å². The highest BCUT2D eigenvalue weighted by molar-refractivity contribution is 5.96. The molecule has 214 valence electrons. The summed E-state index contributed by atoms with van der Waals surface area (Å²) in [5, 5.41) is 4.86. The molecular formula is C32H27F2N3O5. The van der Waals surface area contributed by atoms with Crippen LogP contribution in [0.2, 0.25) is 0 Å². The molecule has 0 saturated heterocycles. The lowest BCUT2D eigenvalue weighted by atomic mass is 10.00. The highest BCUT2D eigenvalue weighted by atomic mass is 19.1. The van der Waals surface area contributed by atoms with Gasteiger partial charge in [0.15, 0.2) is 34.5 Å². The second kappa shape index (κ2) is 11.8. The zero-order valence-electron chi connectivity index (χ0n) is 23.4. The Balaban J connectivity index is 1.43. The average Bonchev–Trinajstić information content (AvgIpc) is 2.99. The van der Waals surface area contributed by atoms with Crippen molar-refractivity contribution >= 4 is 16.7 Å².